The first-order valence-electron chi connectivity index (χ1n) is 7.26. The van der Waals surface area contributed by atoms with E-state index in [2.05, 4.69) is 0 Å². The maximum absolute atomic E-state index is 11.0. The number of carboxylic acid groups (broad SMARTS) is 1. The lowest BCUT2D eigenvalue weighted by molar-refractivity contribution is -0.384. The quantitative estimate of drug-likeness (QED) is 0.386. The number of rotatable bonds is 5. The second-order valence-electron chi connectivity index (χ2n) is 5.53. The summed E-state index contributed by atoms with van der Waals surface area (Å²) in [5.41, 5.74) is 2.10. The van der Waals surface area contributed by atoms with Gasteiger partial charge in [-0.25, -0.2) is 4.79 Å². The molecule has 0 saturated carbocycles. The molecule has 7 heteroatoms. The SMILES string of the molecule is CC(c1cccc(OC(=O)O)c1-c1ccc([N+](=O)[O-])cc1)N(C)C. The lowest BCUT2D eigenvalue weighted by Crippen LogP contribution is -2.18. The van der Waals surface area contributed by atoms with Gasteiger partial charge in [0.25, 0.3) is 5.69 Å². The van der Waals surface area contributed by atoms with E-state index in [1.807, 2.05) is 32.0 Å². The minimum Gasteiger partial charge on any atom is -0.449 e. The molecule has 0 spiro atoms. The largest absolute Gasteiger partial charge is 0.511 e. The molecule has 24 heavy (non-hydrogen) atoms. The van der Waals surface area contributed by atoms with E-state index < -0.39 is 11.1 Å². The molecule has 0 saturated heterocycles. The molecule has 0 aliphatic carbocycles. The molecule has 0 heterocycles. The van der Waals surface area contributed by atoms with Gasteiger partial charge in [-0.15, -0.1) is 0 Å². The van der Waals surface area contributed by atoms with Gasteiger partial charge < -0.3 is 14.7 Å². The summed E-state index contributed by atoms with van der Waals surface area (Å²) in [5.74, 6) is 0.197. The summed E-state index contributed by atoms with van der Waals surface area (Å²) in [5, 5.41) is 19.8. The van der Waals surface area contributed by atoms with Crippen molar-refractivity contribution in [1.29, 1.82) is 0 Å². The topological polar surface area (TPSA) is 92.9 Å². The van der Waals surface area contributed by atoms with Crippen molar-refractivity contribution in [3.63, 3.8) is 0 Å². The fraction of sp³-hybridized carbons (Fsp3) is 0.235. The smallest absolute Gasteiger partial charge is 0.449 e. The van der Waals surface area contributed by atoms with E-state index in [0.717, 1.165) is 5.56 Å². The Kier molecular flexibility index (Phi) is 5.15. The molecule has 1 atom stereocenters. The molecule has 0 amide bonds. The van der Waals surface area contributed by atoms with Crippen molar-refractivity contribution in [3.8, 4) is 16.9 Å². The molecule has 2 rings (SSSR count). The number of hydrogen-bond donors (Lipinski definition) is 1. The molecule has 2 aromatic carbocycles. The Hall–Kier alpha value is -2.93. The predicted octanol–water partition coefficient (Wildman–Crippen LogP) is 3.94. The number of nitrogens with zero attached hydrogens (tertiary/aromatic N) is 2. The molecule has 7 nitrogen and oxygen atoms in total. The first-order chi connectivity index (χ1) is 11.3. The maximum Gasteiger partial charge on any atom is 0.511 e. The summed E-state index contributed by atoms with van der Waals surface area (Å²) in [6.45, 7) is 1.98. The zero-order chi connectivity index (χ0) is 17.9. The van der Waals surface area contributed by atoms with E-state index in [9.17, 15) is 14.9 Å². The highest BCUT2D eigenvalue weighted by molar-refractivity contribution is 5.78. The van der Waals surface area contributed by atoms with Crippen LogP contribution in [0.2, 0.25) is 0 Å². The molecule has 1 unspecified atom stereocenters. The van der Waals surface area contributed by atoms with E-state index >= 15 is 0 Å². The van der Waals surface area contributed by atoms with Gasteiger partial charge in [0, 0.05) is 23.7 Å². The molecular weight excluding hydrogens is 312 g/mol. The van der Waals surface area contributed by atoms with Gasteiger partial charge in [-0.2, -0.15) is 0 Å². The Morgan fingerprint density at radius 3 is 2.33 bits per heavy atom. The van der Waals surface area contributed by atoms with Gasteiger partial charge in [-0.05, 0) is 50.3 Å². The fourth-order valence-corrected chi connectivity index (χ4v) is 2.41. The van der Waals surface area contributed by atoms with Gasteiger partial charge in [-0.1, -0.05) is 12.1 Å². The van der Waals surface area contributed by atoms with Crippen LogP contribution in [0.1, 0.15) is 18.5 Å². The Labute approximate surface area is 139 Å². The molecule has 0 aromatic heterocycles. The van der Waals surface area contributed by atoms with Crippen molar-refractivity contribution in [2.24, 2.45) is 0 Å². The highest BCUT2D eigenvalue weighted by Crippen LogP contribution is 2.38. The number of nitro benzene ring substituents is 1. The highest BCUT2D eigenvalue weighted by atomic mass is 16.7. The summed E-state index contributed by atoms with van der Waals surface area (Å²) in [6, 6.07) is 11.1. The molecule has 0 fully saturated rings. The van der Waals surface area contributed by atoms with E-state index in [-0.39, 0.29) is 17.5 Å². The van der Waals surface area contributed by atoms with Crippen molar-refractivity contribution in [1.82, 2.24) is 4.90 Å². The van der Waals surface area contributed by atoms with Crippen LogP contribution in [0.5, 0.6) is 5.75 Å². The van der Waals surface area contributed by atoms with E-state index in [1.165, 1.54) is 12.1 Å². The third-order valence-electron chi connectivity index (χ3n) is 3.85. The summed E-state index contributed by atoms with van der Waals surface area (Å²) in [6.07, 6.45) is -1.41. The monoisotopic (exact) mass is 330 g/mol. The molecule has 126 valence electrons. The lowest BCUT2D eigenvalue weighted by atomic mass is 9.94. The van der Waals surface area contributed by atoms with Crippen molar-refractivity contribution >= 4 is 11.8 Å². The predicted molar refractivity (Wildman–Crippen MR) is 89.3 cm³/mol. The van der Waals surface area contributed by atoms with Crippen LogP contribution in [0.3, 0.4) is 0 Å². The van der Waals surface area contributed by atoms with Crippen LogP contribution in [0, 0.1) is 10.1 Å². The first-order valence-corrected chi connectivity index (χ1v) is 7.26. The number of benzene rings is 2. The standard InChI is InChI=1S/C17H18N2O5/c1-11(18(2)3)14-5-4-6-15(24-17(20)21)16(14)12-7-9-13(10-8-12)19(22)23/h4-11H,1-3H3,(H,20,21). The van der Waals surface area contributed by atoms with Crippen LogP contribution in [0.4, 0.5) is 10.5 Å². The molecular formula is C17H18N2O5. The van der Waals surface area contributed by atoms with Crippen molar-refractivity contribution < 1.29 is 19.6 Å². The van der Waals surface area contributed by atoms with Crippen molar-refractivity contribution in [2.45, 2.75) is 13.0 Å². The zero-order valence-electron chi connectivity index (χ0n) is 13.6. The van der Waals surface area contributed by atoms with Crippen molar-refractivity contribution in [3.05, 3.63) is 58.1 Å². The Bertz CT molecular complexity index is 756. The van der Waals surface area contributed by atoms with Crippen LogP contribution >= 0.6 is 0 Å². The zero-order valence-corrected chi connectivity index (χ0v) is 13.6. The summed E-state index contributed by atoms with van der Waals surface area (Å²) in [7, 11) is 3.82. The summed E-state index contributed by atoms with van der Waals surface area (Å²) < 4.78 is 4.91. The third kappa shape index (κ3) is 3.69. The van der Waals surface area contributed by atoms with Crippen LogP contribution in [-0.2, 0) is 0 Å². The number of non-ortho nitro benzene ring substituents is 1. The minimum atomic E-state index is -1.41. The van der Waals surface area contributed by atoms with Crippen molar-refractivity contribution in [2.75, 3.05) is 14.1 Å². The Morgan fingerprint density at radius 1 is 1.21 bits per heavy atom. The number of hydrogen-bond acceptors (Lipinski definition) is 5. The number of ether oxygens (including phenoxy) is 1. The van der Waals surface area contributed by atoms with Gasteiger partial charge in [0.2, 0.25) is 0 Å². The van der Waals surface area contributed by atoms with Crippen LogP contribution in [0.15, 0.2) is 42.5 Å². The van der Waals surface area contributed by atoms with E-state index in [0.29, 0.717) is 11.1 Å². The van der Waals surface area contributed by atoms with Crippen LogP contribution in [0.25, 0.3) is 11.1 Å². The molecule has 0 aliphatic heterocycles. The van der Waals surface area contributed by atoms with Gasteiger partial charge in [0.15, 0.2) is 0 Å². The average Bonchev–Trinajstić information content (AvgIpc) is 2.53. The molecule has 0 aliphatic rings. The Morgan fingerprint density at radius 2 is 1.83 bits per heavy atom. The Balaban J connectivity index is 2.62. The molecule has 0 bridgehead atoms. The second-order valence-corrected chi connectivity index (χ2v) is 5.53. The third-order valence-corrected chi connectivity index (χ3v) is 3.85. The molecule has 0 radical (unpaired) electrons. The number of carbonyl (C=O) groups is 1. The van der Waals surface area contributed by atoms with Gasteiger partial charge in [0.05, 0.1) is 4.92 Å². The molecule has 2 aromatic rings. The van der Waals surface area contributed by atoms with Crippen LogP contribution < -0.4 is 4.74 Å². The van der Waals surface area contributed by atoms with Crippen LogP contribution in [-0.4, -0.2) is 35.2 Å². The fourth-order valence-electron chi connectivity index (χ4n) is 2.41. The first kappa shape index (κ1) is 17.4. The number of nitro groups is 1. The second kappa shape index (κ2) is 7.10. The summed E-state index contributed by atoms with van der Waals surface area (Å²) in [4.78, 5) is 23.3. The van der Waals surface area contributed by atoms with E-state index in [4.69, 9.17) is 9.84 Å². The molecule has 1 N–H and O–H groups in total. The highest BCUT2D eigenvalue weighted by Gasteiger charge is 2.20. The maximum atomic E-state index is 11.0. The van der Waals surface area contributed by atoms with Gasteiger partial charge in [-0.3, -0.25) is 10.1 Å². The van der Waals surface area contributed by atoms with Gasteiger partial charge in [0.1, 0.15) is 5.75 Å². The minimum absolute atomic E-state index is 0.00691. The normalized spacial score (nSPS) is 12.0. The van der Waals surface area contributed by atoms with Gasteiger partial charge >= 0.3 is 6.16 Å². The van der Waals surface area contributed by atoms with E-state index in [1.54, 1.807) is 24.3 Å². The summed E-state index contributed by atoms with van der Waals surface area (Å²) >= 11 is 0. The lowest BCUT2D eigenvalue weighted by Gasteiger charge is -2.24. The average molecular weight is 330 g/mol.